The monoisotopic (exact) mass is 468 g/mol. The van der Waals surface area contributed by atoms with E-state index in [2.05, 4.69) is 25.5 Å². The normalized spacial score (nSPS) is 19.0. The first kappa shape index (κ1) is 22.5. The van der Waals surface area contributed by atoms with E-state index in [1.165, 1.54) is 19.4 Å². The minimum Gasteiger partial charge on any atom is -0.352 e. The van der Waals surface area contributed by atoms with E-state index in [0.717, 1.165) is 16.5 Å². The van der Waals surface area contributed by atoms with Crippen LogP contribution < -0.4 is 15.8 Å². The Labute approximate surface area is 184 Å². The van der Waals surface area contributed by atoms with E-state index in [-0.39, 0.29) is 13.0 Å². The number of halogens is 4. The number of pyridine rings is 1. The lowest BCUT2D eigenvalue weighted by molar-refractivity contribution is -0.138. The fourth-order valence-corrected chi connectivity index (χ4v) is 3.72. The summed E-state index contributed by atoms with van der Waals surface area (Å²) < 4.78 is 54.9. The smallest absolute Gasteiger partial charge is 0.352 e. The molecule has 3 aromatic rings. The second-order valence-electron chi connectivity index (χ2n) is 7.75. The Morgan fingerprint density at radius 2 is 2.09 bits per heavy atom. The van der Waals surface area contributed by atoms with Crippen LogP contribution in [0.25, 0.3) is 11.2 Å². The van der Waals surface area contributed by atoms with Crippen molar-refractivity contribution < 1.29 is 22.4 Å². The molecule has 0 radical (unpaired) electrons. The standard InChI is InChI=1S/C19H20F4N8O2/c1-29-8-10(19(21,22)23)5-12(17(29)32)27-18(33)30(2)14-3-4-31(9-11(14)20)15-7-24-16-13(26-15)6-25-28-16/h5-8,11,14H,3-4,9H2,1-2H3,(H,27,33)(H,24,25,28)/t11-,14+/m0/s1. The van der Waals surface area contributed by atoms with Gasteiger partial charge in [0.25, 0.3) is 5.56 Å². The maximum absolute atomic E-state index is 15.0. The Hall–Kier alpha value is -3.71. The lowest BCUT2D eigenvalue weighted by atomic mass is 10.0. The molecular weight excluding hydrogens is 448 g/mol. The molecular formula is C19H20F4N8O2. The first-order valence-electron chi connectivity index (χ1n) is 9.91. The number of urea groups is 1. The van der Waals surface area contributed by atoms with Crippen LogP contribution in [0.3, 0.4) is 0 Å². The number of aromatic nitrogens is 5. The molecule has 2 amide bonds. The Morgan fingerprint density at radius 1 is 1.33 bits per heavy atom. The number of alkyl halides is 4. The lowest BCUT2D eigenvalue weighted by Gasteiger charge is -2.39. The number of anilines is 2. The minimum absolute atomic E-state index is 0.0638. The number of H-pyrrole nitrogens is 1. The first-order chi connectivity index (χ1) is 15.5. The number of hydrogen-bond acceptors (Lipinski definition) is 6. The van der Waals surface area contributed by atoms with Crippen LogP contribution in [0, 0.1) is 0 Å². The van der Waals surface area contributed by atoms with Crippen LogP contribution >= 0.6 is 0 Å². The number of rotatable bonds is 3. The molecule has 0 aliphatic carbocycles. The summed E-state index contributed by atoms with van der Waals surface area (Å²) in [6.45, 7) is 0.303. The molecule has 1 saturated heterocycles. The third-order valence-electron chi connectivity index (χ3n) is 5.55. The van der Waals surface area contributed by atoms with E-state index in [0.29, 0.717) is 35.8 Å². The first-order valence-corrected chi connectivity index (χ1v) is 9.91. The van der Waals surface area contributed by atoms with Gasteiger partial charge in [-0.15, -0.1) is 0 Å². The SMILES string of the molecule is CN(C(=O)Nc1cc(C(F)(F)F)cn(C)c1=O)[C@@H]1CCN(c2cnc3[nH]ncc3n2)C[C@@H]1F. The lowest BCUT2D eigenvalue weighted by Crippen LogP contribution is -2.54. The van der Waals surface area contributed by atoms with Gasteiger partial charge in [-0.1, -0.05) is 0 Å². The number of carbonyl (C=O) groups excluding carboxylic acids is 1. The van der Waals surface area contributed by atoms with E-state index in [9.17, 15) is 22.8 Å². The predicted molar refractivity (Wildman–Crippen MR) is 111 cm³/mol. The summed E-state index contributed by atoms with van der Waals surface area (Å²) in [6.07, 6.45) is -2.30. The molecule has 1 aliphatic heterocycles. The van der Waals surface area contributed by atoms with Gasteiger partial charge in [0.1, 0.15) is 23.2 Å². The maximum Gasteiger partial charge on any atom is 0.417 e. The zero-order valence-electron chi connectivity index (χ0n) is 17.6. The summed E-state index contributed by atoms with van der Waals surface area (Å²) in [6, 6.07) is -1.16. The molecule has 0 bridgehead atoms. The van der Waals surface area contributed by atoms with Gasteiger partial charge < -0.3 is 19.7 Å². The molecule has 14 heteroatoms. The number of hydrogen-bond donors (Lipinski definition) is 2. The van der Waals surface area contributed by atoms with Gasteiger partial charge in [-0.25, -0.2) is 19.2 Å². The second-order valence-corrected chi connectivity index (χ2v) is 7.75. The van der Waals surface area contributed by atoms with Crippen molar-refractivity contribution in [3.63, 3.8) is 0 Å². The Kier molecular flexibility index (Phi) is 5.68. The third kappa shape index (κ3) is 4.45. The molecule has 2 atom stereocenters. The molecule has 3 aromatic heterocycles. The number of fused-ring (bicyclic) bond motifs is 1. The van der Waals surface area contributed by atoms with E-state index in [1.54, 1.807) is 4.90 Å². The van der Waals surface area contributed by atoms with E-state index < -0.39 is 41.2 Å². The number of nitrogens with zero attached hydrogens (tertiary/aromatic N) is 6. The van der Waals surface area contributed by atoms with Crippen molar-refractivity contribution in [1.29, 1.82) is 0 Å². The fraction of sp³-hybridized carbons (Fsp3) is 0.421. The molecule has 33 heavy (non-hydrogen) atoms. The molecule has 1 fully saturated rings. The highest BCUT2D eigenvalue weighted by molar-refractivity contribution is 5.89. The number of aryl methyl sites for hydroxylation is 1. The molecule has 4 heterocycles. The van der Waals surface area contributed by atoms with Crippen LogP contribution in [0.5, 0.6) is 0 Å². The van der Waals surface area contributed by atoms with E-state index >= 15 is 4.39 Å². The zero-order chi connectivity index (χ0) is 23.9. The van der Waals surface area contributed by atoms with Gasteiger partial charge in [0.2, 0.25) is 0 Å². The highest BCUT2D eigenvalue weighted by Gasteiger charge is 2.36. The summed E-state index contributed by atoms with van der Waals surface area (Å²) in [7, 11) is 2.48. The Bertz CT molecular complexity index is 1240. The van der Waals surface area contributed by atoms with Gasteiger partial charge in [-0.2, -0.15) is 18.3 Å². The van der Waals surface area contributed by atoms with E-state index in [4.69, 9.17) is 0 Å². The third-order valence-corrected chi connectivity index (χ3v) is 5.55. The number of piperidine rings is 1. The van der Waals surface area contributed by atoms with Crippen molar-refractivity contribution >= 4 is 28.7 Å². The van der Waals surface area contributed by atoms with Crippen LogP contribution in [0.2, 0.25) is 0 Å². The molecule has 176 valence electrons. The topological polar surface area (TPSA) is 112 Å². The Balaban J connectivity index is 1.45. The number of nitrogens with one attached hydrogen (secondary N) is 2. The zero-order valence-corrected chi connectivity index (χ0v) is 17.6. The Morgan fingerprint density at radius 3 is 2.79 bits per heavy atom. The molecule has 0 aromatic carbocycles. The highest BCUT2D eigenvalue weighted by atomic mass is 19.4. The van der Waals surface area contributed by atoms with Gasteiger partial charge >= 0.3 is 12.2 Å². The summed E-state index contributed by atoms with van der Waals surface area (Å²) in [5.41, 5.74) is -1.41. The molecule has 10 nitrogen and oxygen atoms in total. The van der Waals surface area contributed by atoms with Crippen molar-refractivity contribution in [2.45, 2.75) is 24.8 Å². The molecule has 0 saturated carbocycles. The second kappa shape index (κ2) is 8.33. The summed E-state index contributed by atoms with van der Waals surface area (Å²) in [5.74, 6) is 0.463. The van der Waals surface area contributed by atoms with Gasteiger partial charge in [0.05, 0.1) is 30.5 Å². The summed E-state index contributed by atoms with van der Waals surface area (Å²) >= 11 is 0. The molecule has 1 aliphatic rings. The molecule has 4 rings (SSSR count). The number of carbonyl (C=O) groups is 1. The van der Waals surface area contributed by atoms with Crippen molar-refractivity contribution in [2.75, 3.05) is 30.4 Å². The van der Waals surface area contributed by atoms with Crippen LogP contribution in [-0.2, 0) is 13.2 Å². The quantitative estimate of drug-likeness (QED) is 0.570. The molecule has 0 unspecified atom stereocenters. The van der Waals surface area contributed by atoms with Crippen LogP contribution in [0.4, 0.5) is 33.9 Å². The van der Waals surface area contributed by atoms with Crippen LogP contribution in [-0.4, -0.2) is 68.0 Å². The minimum atomic E-state index is -4.70. The van der Waals surface area contributed by atoms with Gasteiger partial charge in [-0.05, 0) is 12.5 Å². The van der Waals surface area contributed by atoms with Crippen molar-refractivity contribution in [3.05, 3.63) is 40.6 Å². The summed E-state index contributed by atoms with van der Waals surface area (Å²) in [4.78, 5) is 36.1. The van der Waals surface area contributed by atoms with Crippen LogP contribution in [0.15, 0.2) is 29.5 Å². The van der Waals surface area contributed by atoms with Gasteiger partial charge in [0.15, 0.2) is 5.65 Å². The van der Waals surface area contributed by atoms with Crippen molar-refractivity contribution in [3.8, 4) is 0 Å². The molecule has 2 N–H and O–H groups in total. The predicted octanol–water partition coefficient (Wildman–Crippen LogP) is 2.15. The largest absolute Gasteiger partial charge is 0.417 e. The highest BCUT2D eigenvalue weighted by Crippen LogP contribution is 2.30. The molecule has 0 spiro atoms. The van der Waals surface area contributed by atoms with E-state index in [1.807, 2.05) is 0 Å². The van der Waals surface area contributed by atoms with Crippen molar-refractivity contribution in [2.24, 2.45) is 7.05 Å². The average Bonchev–Trinajstić information content (AvgIpc) is 3.23. The van der Waals surface area contributed by atoms with Gasteiger partial charge in [0, 0.05) is 26.8 Å². The number of aromatic amines is 1. The number of amides is 2. The van der Waals surface area contributed by atoms with Crippen molar-refractivity contribution in [1.82, 2.24) is 29.6 Å². The van der Waals surface area contributed by atoms with Crippen LogP contribution in [0.1, 0.15) is 12.0 Å². The average molecular weight is 468 g/mol. The maximum atomic E-state index is 15.0. The summed E-state index contributed by atoms with van der Waals surface area (Å²) in [5, 5.41) is 8.70. The van der Waals surface area contributed by atoms with Gasteiger partial charge in [-0.3, -0.25) is 9.89 Å². The fourth-order valence-electron chi connectivity index (χ4n) is 3.72.